The molecule has 4 nitrogen and oxygen atoms in total. The molecule has 1 amide bonds. The molecule has 0 aliphatic carbocycles. The smallest absolute Gasteiger partial charge is 0.239 e. The summed E-state index contributed by atoms with van der Waals surface area (Å²) in [5, 5.41) is 4.49. The lowest BCUT2D eigenvalue weighted by atomic mass is 10.2. The van der Waals surface area contributed by atoms with Crippen LogP contribution in [0.1, 0.15) is 16.7 Å². The Morgan fingerprint density at radius 3 is 3.00 bits per heavy atom. The maximum atomic E-state index is 12.0. The van der Waals surface area contributed by atoms with E-state index >= 15 is 0 Å². The third kappa shape index (κ3) is 2.35. The number of nitrogens with zero attached hydrogens (tertiary/aromatic N) is 2. The van der Waals surface area contributed by atoms with Crippen LogP contribution < -0.4 is 4.90 Å². The van der Waals surface area contributed by atoms with Crippen molar-refractivity contribution in [1.82, 2.24) is 5.16 Å². The van der Waals surface area contributed by atoms with Crippen LogP contribution in [-0.2, 0) is 4.79 Å². The first-order valence-corrected chi connectivity index (χ1v) is 7.20. The summed E-state index contributed by atoms with van der Waals surface area (Å²) in [5.41, 5.74) is 0.990. The van der Waals surface area contributed by atoms with Gasteiger partial charge in [0.15, 0.2) is 5.82 Å². The average molecular weight is 295 g/mol. The van der Waals surface area contributed by atoms with Gasteiger partial charge in [-0.05, 0) is 24.6 Å². The molecule has 1 aromatic carbocycles. The van der Waals surface area contributed by atoms with Crippen molar-refractivity contribution in [3.8, 4) is 0 Å². The van der Waals surface area contributed by atoms with Gasteiger partial charge in [0.25, 0.3) is 0 Å². The van der Waals surface area contributed by atoms with Crippen LogP contribution in [0.4, 0.5) is 5.82 Å². The Bertz CT molecular complexity index is 629. The quantitative estimate of drug-likeness (QED) is 0.851. The van der Waals surface area contributed by atoms with Crippen molar-refractivity contribution >= 4 is 35.1 Å². The molecule has 1 atom stereocenters. The third-order valence-electron chi connectivity index (χ3n) is 2.86. The number of carbonyl (C=O) groups is 1. The number of thioether (sulfide) groups is 1. The van der Waals surface area contributed by atoms with Gasteiger partial charge in [0.05, 0.1) is 5.75 Å². The number of halogens is 1. The molecule has 0 radical (unpaired) electrons. The van der Waals surface area contributed by atoms with Crippen LogP contribution in [-0.4, -0.2) is 16.8 Å². The van der Waals surface area contributed by atoms with Crippen molar-refractivity contribution in [1.29, 1.82) is 0 Å². The molecule has 0 N–H and O–H groups in total. The topological polar surface area (TPSA) is 46.3 Å². The Kier molecular flexibility index (Phi) is 3.24. The lowest BCUT2D eigenvalue weighted by molar-refractivity contribution is -0.115. The molecule has 1 aliphatic heterocycles. The van der Waals surface area contributed by atoms with E-state index in [9.17, 15) is 4.79 Å². The fraction of sp³-hybridized carbons (Fsp3) is 0.231. The van der Waals surface area contributed by atoms with Gasteiger partial charge in [0.2, 0.25) is 5.91 Å². The van der Waals surface area contributed by atoms with Crippen molar-refractivity contribution < 1.29 is 9.32 Å². The first kappa shape index (κ1) is 12.6. The lowest BCUT2D eigenvalue weighted by Gasteiger charge is -2.21. The first-order valence-electron chi connectivity index (χ1n) is 5.77. The highest BCUT2D eigenvalue weighted by molar-refractivity contribution is 8.00. The molecule has 19 heavy (non-hydrogen) atoms. The summed E-state index contributed by atoms with van der Waals surface area (Å²) in [5.74, 6) is 1.70. The number of anilines is 1. The number of aromatic nitrogens is 1. The minimum absolute atomic E-state index is 0.0308. The summed E-state index contributed by atoms with van der Waals surface area (Å²) < 4.78 is 5.05. The molecule has 1 saturated heterocycles. The minimum atomic E-state index is -0.101. The fourth-order valence-corrected chi connectivity index (χ4v) is 3.40. The van der Waals surface area contributed by atoms with E-state index in [0.717, 1.165) is 5.56 Å². The van der Waals surface area contributed by atoms with Crippen LogP contribution in [0.2, 0.25) is 5.02 Å². The number of hydrogen-bond donors (Lipinski definition) is 0. The van der Waals surface area contributed by atoms with E-state index in [0.29, 0.717) is 22.4 Å². The van der Waals surface area contributed by atoms with E-state index in [1.807, 2.05) is 24.3 Å². The highest BCUT2D eigenvalue weighted by Gasteiger charge is 2.35. The van der Waals surface area contributed by atoms with Crippen molar-refractivity contribution in [2.75, 3.05) is 10.7 Å². The van der Waals surface area contributed by atoms with Crippen LogP contribution in [0.3, 0.4) is 0 Å². The summed E-state index contributed by atoms with van der Waals surface area (Å²) in [6, 6.07) is 9.30. The molecule has 0 spiro atoms. The summed E-state index contributed by atoms with van der Waals surface area (Å²) in [4.78, 5) is 13.7. The molecule has 2 heterocycles. The van der Waals surface area contributed by atoms with E-state index in [4.69, 9.17) is 16.1 Å². The summed E-state index contributed by atoms with van der Waals surface area (Å²) in [6.07, 6.45) is 0. The standard InChI is InChI=1S/C13H11ClN2O2S/c1-8-5-11(15-18-8)16-12(17)7-19-13(16)9-3-2-4-10(14)6-9/h2-6,13H,7H2,1H3/t13-/m0/s1. The zero-order chi connectivity index (χ0) is 13.4. The van der Waals surface area contributed by atoms with Crippen LogP contribution in [0, 0.1) is 6.92 Å². The molecule has 0 saturated carbocycles. The second-order valence-corrected chi connectivity index (χ2v) is 5.78. The number of hydrogen-bond acceptors (Lipinski definition) is 4. The molecule has 1 aliphatic rings. The lowest BCUT2D eigenvalue weighted by Crippen LogP contribution is -2.28. The van der Waals surface area contributed by atoms with Crippen LogP contribution in [0.15, 0.2) is 34.9 Å². The number of rotatable bonds is 2. The minimum Gasteiger partial charge on any atom is -0.360 e. The molecule has 3 rings (SSSR count). The normalized spacial score (nSPS) is 19.2. The van der Waals surface area contributed by atoms with Crippen LogP contribution >= 0.6 is 23.4 Å². The first-order chi connectivity index (χ1) is 9.15. The monoisotopic (exact) mass is 294 g/mol. The van der Waals surface area contributed by atoms with Gasteiger partial charge in [-0.25, -0.2) is 0 Å². The molecular weight excluding hydrogens is 284 g/mol. The van der Waals surface area contributed by atoms with Gasteiger partial charge in [-0.15, -0.1) is 11.8 Å². The summed E-state index contributed by atoms with van der Waals surface area (Å²) in [7, 11) is 0. The predicted octanol–water partition coefficient (Wildman–Crippen LogP) is 3.42. The maximum absolute atomic E-state index is 12.0. The Morgan fingerprint density at radius 1 is 1.47 bits per heavy atom. The number of amides is 1. The van der Waals surface area contributed by atoms with Gasteiger partial charge in [-0.1, -0.05) is 28.9 Å². The molecule has 0 unspecified atom stereocenters. The van der Waals surface area contributed by atoms with Crippen molar-refractivity contribution in [2.45, 2.75) is 12.3 Å². The van der Waals surface area contributed by atoms with Gasteiger partial charge >= 0.3 is 0 Å². The van der Waals surface area contributed by atoms with Crippen molar-refractivity contribution in [3.05, 3.63) is 46.7 Å². The highest BCUT2D eigenvalue weighted by atomic mass is 35.5. The Morgan fingerprint density at radius 2 is 2.32 bits per heavy atom. The number of benzene rings is 1. The summed E-state index contributed by atoms with van der Waals surface area (Å²) >= 11 is 7.57. The fourth-order valence-electron chi connectivity index (χ4n) is 2.05. The predicted molar refractivity (Wildman–Crippen MR) is 75.4 cm³/mol. The molecule has 98 valence electrons. The van der Waals surface area contributed by atoms with E-state index in [1.165, 1.54) is 0 Å². The van der Waals surface area contributed by atoms with Crippen LogP contribution in [0.25, 0.3) is 0 Å². The summed E-state index contributed by atoms with van der Waals surface area (Å²) in [6.45, 7) is 1.80. The number of carbonyl (C=O) groups excluding carboxylic acids is 1. The van der Waals surface area contributed by atoms with E-state index in [-0.39, 0.29) is 11.3 Å². The van der Waals surface area contributed by atoms with Gasteiger partial charge in [-0.3, -0.25) is 9.69 Å². The maximum Gasteiger partial charge on any atom is 0.239 e. The SMILES string of the molecule is Cc1cc(N2C(=O)CS[C@H]2c2cccc(Cl)c2)no1. The van der Waals surface area contributed by atoms with Gasteiger partial charge in [0, 0.05) is 11.1 Å². The van der Waals surface area contributed by atoms with Crippen molar-refractivity contribution in [2.24, 2.45) is 0 Å². The molecule has 1 aromatic heterocycles. The molecule has 6 heteroatoms. The van der Waals surface area contributed by atoms with Gasteiger partial charge in [0.1, 0.15) is 11.1 Å². The Labute approximate surface area is 119 Å². The third-order valence-corrected chi connectivity index (χ3v) is 4.31. The second kappa shape index (κ2) is 4.90. The van der Waals surface area contributed by atoms with Crippen molar-refractivity contribution in [3.63, 3.8) is 0 Å². The zero-order valence-electron chi connectivity index (χ0n) is 10.2. The van der Waals surface area contributed by atoms with E-state index in [1.54, 1.807) is 29.7 Å². The Balaban J connectivity index is 1.99. The highest BCUT2D eigenvalue weighted by Crippen LogP contribution is 2.41. The Hall–Kier alpha value is -1.46. The molecule has 1 fully saturated rings. The van der Waals surface area contributed by atoms with Gasteiger partial charge < -0.3 is 4.52 Å². The molecule has 2 aromatic rings. The average Bonchev–Trinajstić information content (AvgIpc) is 2.95. The van der Waals surface area contributed by atoms with Gasteiger partial charge in [-0.2, -0.15) is 0 Å². The number of aryl methyl sites for hydroxylation is 1. The largest absolute Gasteiger partial charge is 0.360 e. The molecular formula is C13H11ClN2O2S. The van der Waals surface area contributed by atoms with E-state index < -0.39 is 0 Å². The van der Waals surface area contributed by atoms with Crippen LogP contribution in [0.5, 0.6) is 0 Å². The second-order valence-electron chi connectivity index (χ2n) is 4.28. The zero-order valence-corrected chi connectivity index (χ0v) is 11.7. The van der Waals surface area contributed by atoms with E-state index in [2.05, 4.69) is 5.16 Å². The molecule has 0 bridgehead atoms.